The lowest BCUT2D eigenvalue weighted by molar-refractivity contribution is 0.175. The lowest BCUT2D eigenvalue weighted by Crippen LogP contribution is -2.15. The van der Waals surface area contributed by atoms with E-state index in [1.165, 1.54) is 22.3 Å². The van der Waals surface area contributed by atoms with Gasteiger partial charge in [0.15, 0.2) is 0 Å². The van der Waals surface area contributed by atoms with Crippen LogP contribution in [0.4, 0.5) is 0 Å². The van der Waals surface area contributed by atoms with Crippen LogP contribution in [0.1, 0.15) is 33.6 Å². The summed E-state index contributed by atoms with van der Waals surface area (Å²) >= 11 is 0. The molecule has 0 fully saturated rings. The molecule has 1 aromatic heterocycles. The minimum atomic E-state index is -0.363. The van der Waals surface area contributed by atoms with Crippen molar-refractivity contribution in [1.82, 2.24) is 9.78 Å². The number of hydrogen-bond acceptors (Lipinski definition) is 2. The summed E-state index contributed by atoms with van der Waals surface area (Å²) in [5, 5.41) is 14.8. The molecule has 20 heavy (non-hydrogen) atoms. The highest BCUT2D eigenvalue weighted by molar-refractivity contribution is 5.30. The number of benzene rings is 1. The van der Waals surface area contributed by atoms with E-state index >= 15 is 0 Å². The number of rotatable bonds is 4. The summed E-state index contributed by atoms with van der Waals surface area (Å²) in [6.45, 7) is 8.25. The number of nitrogens with zero attached hydrogens (tertiary/aromatic N) is 2. The van der Waals surface area contributed by atoms with E-state index in [0.717, 1.165) is 11.4 Å². The van der Waals surface area contributed by atoms with Crippen LogP contribution in [0.5, 0.6) is 0 Å². The van der Waals surface area contributed by atoms with Gasteiger partial charge in [0.1, 0.15) is 0 Å². The molecule has 1 heterocycles. The van der Waals surface area contributed by atoms with Gasteiger partial charge in [-0.15, -0.1) is 0 Å². The molecule has 1 atom stereocenters. The Hall–Kier alpha value is -1.61. The van der Waals surface area contributed by atoms with Gasteiger partial charge in [0, 0.05) is 19.2 Å². The van der Waals surface area contributed by atoms with Crippen molar-refractivity contribution >= 4 is 0 Å². The van der Waals surface area contributed by atoms with Gasteiger partial charge in [-0.25, -0.2) is 0 Å². The molecule has 0 bridgehead atoms. The molecule has 3 heteroatoms. The Bertz CT molecular complexity index is 593. The molecule has 1 N–H and O–H groups in total. The minimum Gasteiger partial charge on any atom is -0.392 e. The van der Waals surface area contributed by atoms with Gasteiger partial charge in [0.25, 0.3) is 0 Å². The minimum absolute atomic E-state index is 0.363. The van der Waals surface area contributed by atoms with E-state index in [-0.39, 0.29) is 6.10 Å². The van der Waals surface area contributed by atoms with Crippen molar-refractivity contribution in [2.45, 2.75) is 46.6 Å². The number of aryl methyl sites for hydroxylation is 4. The monoisotopic (exact) mass is 272 g/mol. The summed E-state index contributed by atoms with van der Waals surface area (Å²) in [6, 6.07) is 6.46. The van der Waals surface area contributed by atoms with Crippen LogP contribution in [0.3, 0.4) is 0 Å². The third-order valence-corrected chi connectivity index (χ3v) is 3.85. The zero-order chi connectivity index (χ0) is 14.9. The number of aliphatic hydroxyl groups excluding tert-OH is 1. The maximum Gasteiger partial charge on any atom is 0.0629 e. The van der Waals surface area contributed by atoms with Crippen LogP contribution < -0.4 is 0 Å². The first-order chi connectivity index (χ1) is 9.36. The van der Waals surface area contributed by atoms with Crippen LogP contribution in [0.25, 0.3) is 0 Å². The van der Waals surface area contributed by atoms with Gasteiger partial charge in [-0.3, -0.25) is 4.68 Å². The average molecular weight is 272 g/mol. The maximum atomic E-state index is 10.4. The largest absolute Gasteiger partial charge is 0.392 e. The van der Waals surface area contributed by atoms with Gasteiger partial charge in [-0.1, -0.05) is 29.3 Å². The predicted molar refractivity (Wildman–Crippen MR) is 82.0 cm³/mol. The van der Waals surface area contributed by atoms with E-state index in [1.807, 2.05) is 18.7 Å². The molecule has 108 valence electrons. The van der Waals surface area contributed by atoms with Crippen molar-refractivity contribution in [3.05, 3.63) is 51.8 Å². The lowest BCUT2D eigenvalue weighted by atomic mass is 9.98. The van der Waals surface area contributed by atoms with Crippen molar-refractivity contribution in [2.75, 3.05) is 0 Å². The van der Waals surface area contributed by atoms with Crippen molar-refractivity contribution in [1.29, 1.82) is 0 Å². The molecule has 0 spiro atoms. The summed E-state index contributed by atoms with van der Waals surface area (Å²) < 4.78 is 1.88. The molecule has 0 saturated carbocycles. The molecule has 0 aliphatic rings. The number of hydrogen-bond donors (Lipinski definition) is 1. The third kappa shape index (κ3) is 3.28. The normalized spacial score (nSPS) is 12.7. The lowest BCUT2D eigenvalue weighted by Gasteiger charge is -2.12. The number of aliphatic hydroxyl groups is 1. The topological polar surface area (TPSA) is 38.1 Å². The quantitative estimate of drug-likeness (QED) is 0.929. The molecule has 0 aliphatic carbocycles. The van der Waals surface area contributed by atoms with Crippen molar-refractivity contribution in [2.24, 2.45) is 7.05 Å². The molecule has 0 aliphatic heterocycles. The van der Waals surface area contributed by atoms with Crippen LogP contribution in [-0.2, 0) is 19.9 Å². The fourth-order valence-corrected chi connectivity index (χ4v) is 2.88. The van der Waals surface area contributed by atoms with Gasteiger partial charge in [0.2, 0.25) is 0 Å². The highest BCUT2D eigenvalue weighted by Crippen LogP contribution is 2.17. The van der Waals surface area contributed by atoms with Gasteiger partial charge in [-0.2, -0.15) is 5.10 Å². The zero-order valence-electron chi connectivity index (χ0n) is 13.1. The van der Waals surface area contributed by atoms with Gasteiger partial charge in [-0.05, 0) is 45.2 Å². The van der Waals surface area contributed by atoms with Crippen molar-refractivity contribution in [3.8, 4) is 0 Å². The summed E-state index contributed by atoms with van der Waals surface area (Å²) in [5.41, 5.74) is 7.03. The molecular formula is C17H24N2O. The summed E-state index contributed by atoms with van der Waals surface area (Å²) in [7, 11) is 1.95. The van der Waals surface area contributed by atoms with Crippen LogP contribution in [-0.4, -0.2) is 21.0 Å². The maximum absolute atomic E-state index is 10.4. The second kappa shape index (κ2) is 5.80. The average Bonchev–Trinajstić information content (AvgIpc) is 2.54. The fraction of sp³-hybridized carbons (Fsp3) is 0.471. The van der Waals surface area contributed by atoms with E-state index in [4.69, 9.17) is 0 Å². The highest BCUT2D eigenvalue weighted by Gasteiger charge is 2.14. The highest BCUT2D eigenvalue weighted by atomic mass is 16.3. The molecule has 2 rings (SSSR count). The predicted octanol–water partition coefficient (Wildman–Crippen LogP) is 2.80. The van der Waals surface area contributed by atoms with Crippen molar-refractivity contribution in [3.63, 3.8) is 0 Å². The summed E-state index contributed by atoms with van der Waals surface area (Å²) in [6.07, 6.45) is 0.993. The van der Waals surface area contributed by atoms with E-state index < -0.39 is 0 Å². The Morgan fingerprint density at radius 3 is 2.15 bits per heavy atom. The van der Waals surface area contributed by atoms with Crippen LogP contribution in [0.15, 0.2) is 18.2 Å². The summed E-state index contributed by atoms with van der Waals surface area (Å²) in [5.74, 6) is 0. The van der Waals surface area contributed by atoms with E-state index in [0.29, 0.717) is 12.8 Å². The fourth-order valence-electron chi connectivity index (χ4n) is 2.88. The van der Waals surface area contributed by atoms with Gasteiger partial charge < -0.3 is 5.11 Å². The Kier molecular flexibility index (Phi) is 4.29. The molecule has 1 aromatic carbocycles. The third-order valence-electron chi connectivity index (χ3n) is 3.85. The van der Waals surface area contributed by atoms with Crippen LogP contribution in [0.2, 0.25) is 0 Å². The molecule has 0 amide bonds. The first kappa shape index (κ1) is 14.8. The van der Waals surface area contributed by atoms with Crippen LogP contribution >= 0.6 is 0 Å². The first-order valence-corrected chi connectivity index (χ1v) is 7.11. The Labute approximate surface area is 121 Å². The molecule has 3 nitrogen and oxygen atoms in total. The first-order valence-electron chi connectivity index (χ1n) is 7.11. The van der Waals surface area contributed by atoms with Crippen LogP contribution in [0, 0.1) is 27.7 Å². The zero-order valence-corrected chi connectivity index (χ0v) is 13.1. The van der Waals surface area contributed by atoms with Crippen molar-refractivity contribution < 1.29 is 5.11 Å². The van der Waals surface area contributed by atoms with Gasteiger partial charge >= 0.3 is 0 Å². The Balaban J connectivity index is 2.10. The Morgan fingerprint density at radius 2 is 1.65 bits per heavy atom. The Morgan fingerprint density at radius 1 is 1.05 bits per heavy atom. The smallest absolute Gasteiger partial charge is 0.0629 e. The standard InChI is InChI=1S/C17H24N2O/c1-11-6-12(2)8-15(7-11)9-16(20)10-17-13(3)18-19(5)14(17)4/h6-8,16,20H,9-10H2,1-5H3. The SMILES string of the molecule is Cc1cc(C)cc(CC(O)Cc2c(C)nn(C)c2C)c1. The summed E-state index contributed by atoms with van der Waals surface area (Å²) in [4.78, 5) is 0. The molecule has 1 unspecified atom stereocenters. The van der Waals surface area contributed by atoms with E-state index in [2.05, 4.69) is 44.1 Å². The van der Waals surface area contributed by atoms with E-state index in [1.54, 1.807) is 0 Å². The molecule has 0 radical (unpaired) electrons. The second-order valence-electron chi connectivity index (χ2n) is 5.83. The molecule has 2 aromatic rings. The number of aromatic nitrogens is 2. The molecule has 0 saturated heterocycles. The molecular weight excluding hydrogens is 248 g/mol. The van der Waals surface area contributed by atoms with E-state index in [9.17, 15) is 5.11 Å². The second-order valence-corrected chi connectivity index (χ2v) is 5.83. The van der Waals surface area contributed by atoms with Gasteiger partial charge in [0.05, 0.1) is 11.8 Å².